The summed E-state index contributed by atoms with van der Waals surface area (Å²) in [6.07, 6.45) is 2.55. The van der Waals surface area contributed by atoms with Crippen LogP contribution in [0.3, 0.4) is 0 Å². The topological polar surface area (TPSA) is 101 Å². The largest absolute Gasteiger partial charge is 0.417 e. The van der Waals surface area contributed by atoms with Gasteiger partial charge in [0.1, 0.15) is 11.9 Å². The minimum absolute atomic E-state index is 0.0502. The van der Waals surface area contributed by atoms with Crippen LogP contribution in [-0.2, 0) is 11.2 Å². The van der Waals surface area contributed by atoms with E-state index in [0.717, 1.165) is 11.1 Å². The molecule has 0 radical (unpaired) electrons. The smallest absolute Gasteiger partial charge is 0.309 e. The van der Waals surface area contributed by atoms with Crippen molar-refractivity contribution in [3.63, 3.8) is 0 Å². The average Bonchev–Trinajstić information content (AvgIpc) is 3.18. The Morgan fingerprint density at radius 2 is 2.00 bits per heavy atom. The number of pyridine rings is 1. The number of hydrogen-bond acceptors (Lipinski definition) is 6. The van der Waals surface area contributed by atoms with Crippen LogP contribution < -0.4 is 10.2 Å². The van der Waals surface area contributed by atoms with Crippen molar-refractivity contribution >= 4 is 17.6 Å². The quantitative estimate of drug-likeness (QED) is 0.732. The molecule has 2 aromatic heterocycles. The van der Waals surface area contributed by atoms with E-state index >= 15 is 0 Å². The van der Waals surface area contributed by atoms with Crippen LogP contribution in [0.4, 0.5) is 5.82 Å². The van der Waals surface area contributed by atoms with Crippen molar-refractivity contribution in [2.24, 2.45) is 0 Å². The number of carbonyl (C=O) groups is 2. The van der Waals surface area contributed by atoms with E-state index in [-0.39, 0.29) is 17.7 Å². The van der Waals surface area contributed by atoms with E-state index in [1.54, 1.807) is 13.2 Å². The Morgan fingerprint density at radius 3 is 2.79 bits per heavy atom. The maximum Gasteiger partial charge on any atom is 0.309 e. The summed E-state index contributed by atoms with van der Waals surface area (Å²) in [5, 5.41) is 10.5. The van der Waals surface area contributed by atoms with Gasteiger partial charge in [0.25, 0.3) is 0 Å². The van der Waals surface area contributed by atoms with E-state index < -0.39 is 11.9 Å². The fraction of sp³-hybridized carbons (Fsp3) is 0.286. The zero-order valence-corrected chi connectivity index (χ0v) is 16.2. The van der Waals surface area contributed by atoms with Crippen molar-refractivity contribution < 1.29 is 14.0 Å². The highest BCUT2D eigenvalue weighted by atomic mass is 16.4. The normalized spacial score (nSPS) is 18.8. The van der Waals surface area contributed by atoms with Crippen LogP contribution in [0, 0.1) is 0 Å². The molecule has 148 valence electrons. The lowest BCUT2D eigenvalue weighted by Crippen LogP contribution is -2.47. The molecule has 0 saturated carbocycles. The SMILES string of the molecule is C[C@H]1C[C@@H](NC(=O)c2nnc(Cc3ccccc3)o2)C(=O)N(C)c2ncccc21. The third-order valence-electron chi connectivity index (χ3n) is 5.05. The van der Waals surface area contributed by atoms with E-state index in [9.17, 15) is 9.59 Å². The number of anilines is 1. The number of carbonyl (C=O) groups excluding carboxylic acids is 2. The van der Waals surface area contributed by atoms with Gasteiger partial charge < -0.3 is 9.73 Å². The van der Waals surface area contributed by atoms with Crippen LogP contribution in [0.25, 0.3) is 0 Å². The first-order valence-electron chi connectivity index (χ1n) is 9.42. The fourth-order valence-electron chi connectivity index (χ4n) is 3.52. The molecule has 1 aromatic carbocycles. The first-order chi connectivity index (χ1) is 14.0. The van der Waals surface area contributed by atoms with Gasteiger partial charge >= 0.3 is 11.8 Å². The number of nitrogens with one attached hydrogen (secondary N) is 1. The van der Waals surface area contributed by atoms with Crippen molar-refractivity contribution in [1.29, 1.82) is 0 Å². The molecule has 2 amide bonds. The number of amides is 2. The first kappa shape index (κ1) is 18.8. The molecular formula is C21H21N5O3. The van der Waals surface area contributed by atoms with Crippen LogP contribution in [0.1, 0.15) is 47.0 Å². The standard InChI is InChI=1S/C21H21N5O3/c1-13-11-16(21(28)26(2)18-15(13)9-6-10-22-18)23-19(27)20-25-24-17(29-20)12-14-7-4-3-5-8-14/h3-10,13,16H,11-12H2,1-2H3,(H,23,27)/t13-,16+/m0/s1. The first-order valence-corrected chi connectivity index (χ1v) is 9.42. The lowest BCUT2D eigenvalue weighted by Gasteiger charge is -2.20. The van der Waals surface area contributed by atoms with Crippen LogP contribution >= 0.6 is 0 Å². The van der Waals surface area contributed by atoms with Crippen molar-refractivity contribution in [3.05, 3.63) is 71.6 Å². The molecule has 0 unspecified atom stereocenters. The van der Waals surface area contributed by atoms with E-state index in [1.165, 1.54) is 4.90 Å². The third kappa shape index (κ3) is 3.87. The van der Waals surface area contributed by atoms with Crippen molar-refractivity contribution in [2.75, 3.05) is 11.9 Å². The highest BCUT2D eigenvalue weighted by molar-refractivity contribution is 6.01. The van der Waals surface area contributed by atoms with E-state index in [2.05, 4.69) is 20.5 Å². The molecule has 8 nitrogen and oxygen atoms in total. The zero-order chi connectivity index (χ0) is 20.4. The van der Waals surface area contributed by atoms with Gasteiger partial charge in [0, 0.05) is 13.2 Å². The van der Waals surface area contributed by atoms with Gasteiger partial charge in [0.05, 0.1) is 6.42 Å². The third-order valence-corrected chi connectivity index (χ3v) is 5.05. The number of aromatic nitrogens is 3. The summed E-state index contributed by atoms with van der Waals surface area (Å²) in [7, 11) is 1.66. The van der Waals surface area contributed by atoms with E-state index in [0.29, 0.717) is 24.6 Å². The summed E-state index contributed by atoms with van der Waals surface area (Å²) in [6.45, 7) is 2.01. The second-order valence-electron chi connectivity index (χ2n) is 7.14. The molecule has 8 heteroatoms. The molecular weight excluding hydrogens is 370 g/mol. The molecule has 0 aliphatic carbocycles. The predicted molar refractivity (Wildman–Crippen MR) is 105 cm³/mol. The number of rotatable bonds is 4. The van der Waals surface area contributed by atoms with Gasteiger partial charge in [-0.1, -0.05) is 43.3 Å². The summed E-state index contributed by atoms with van der Waals surface area (Å²) in [5.41, 5.74) is 1.98. The van der Waals surface area contributed by atoms with Crippen molar-refractivity contribution in [2.45, 2.75) is 31.7 Å². The Hall–Kier alpha value is -3.55. The summed E-state index contributed by atoms with van der Waals surface area (Å²) in [4.78, 5) is 31.3. The predicted octanol–water partition coefficient (Wildman–Crippen LogP) is 2.32. The van der Waals surface area contributed by atoms with Gasteiger partial charge in [0.15, 0.2) is 0 Å². The monoisotopic (exact) mass is 391 g/mol. The fourth-order valence-corrected chi connectivity index (χ4v) is 3.52. The average molecular weight is 391 g/mol. The Balaban J connectivity index is 1.48. The van der Waals surface area contributed by atoms with Crippen molar-refractivity contribution in [1.82, 2.24) is 20.5 Å². The number of nitrogens with zero attached hydrogens (tertiary/aromatic N) is 4. The van der Waals surface area contributed by atoms with Gasteiger partial charge in [-0.15, -0.1) is 10.2 Å². The molecule has 2 atom stereocenters. The minimum Gasteiger partial charge on any atom is -0.417 e. The molecule has 3 heterocycles. The molecule has 29 heavy (non-hydrogen) atoms. The van der Waals surface area contributed by atoms with Crippen LogP contribution in [0.2, 0.25) is 0 Å². The Kier molecular flexibility index (Phi) is 5.07. The summed E-state index contributed by atoms with van der Waals surface area (Å²) < 4.78 is 5.50. The highest BCUT2D eigenvalue weighted by Crippen LogP contribution is 2.32. The summed E-state index contributed by atoms with van der Waals surface area (Å²) in [6, 6.07) is 12.7. The number of fused-ring (bicyclic) bond motifs is 1. The number of hydrogen-bond donors (Lipinski definition) is 1. The van der Waals surface area contributed by atoms with Gasteiger partial charge in [-0.25, -0.2) is 4.98 Å². The molecule has 0 bridgehead atoms. The van der Waals surface area contributed by atoms with E-state index in [1.807, 2.05) is 49.4 Å². The summed E-state index contributed by atoms with van der Waals surface area (Å²) >= 11 is 0. The highest BCUT2D eigenvalue weighted by Gasteiger charge is 2.34. The lowest BCUT2D eigenvalue weighted by atomic mass is 9.95. The lowest BCUT2D eigenvalue weighted by molar-refractivity contribution is -0.120. The van der Waals surface area contributed by atoms with Crippen LogP contribution in [0.5, 0.6) is 0 Å². The Bertz CT molecular complexity index is 1030. The molecule has 3 aromatic rings. The van der Waals surface area contributed by atoms with Crippen LogP contribution in [-0.4, -0.2) is 40.1 Å². The Morgan fingerprint density at radius 1 is 1.21 bits per heavy atom. The maximum absolute atomic E-state index is 12.9. The molecule has 1 aliphatic heterocycles. The van der Waals surface area contributed by atoms with E-state index in [4.69, 9.17) is 4.42 Å². The van der Waals surface area contributed by atoms with Crippen LogP contribution in [0.15, 0.2) is 53.1 Å². The second kappa shape index (κ2) is 7.83. The van der Waals surface area contributed by atoms with Crippen molar-refractivity contribution in [3.8, 4) is 0 Å². The molecule has 1 N–H and O–H groups in total. The molecule has 4 rings (SSSR count). The maximum atomic E-state index is 12.9. The molecule has 0 spiro atoms. The van der Waals surface area contributed by atoms with Gasteiger partial charge in [-0.05, 0) is 29.5 Å². The Labute approximate surface area is 168 Å². The zero-order valence-electron chi connectivity index (χ0n) is 16.2. The minimum atomic E-state index is -0.707. The summed E-state index contributed by atoms with van der Waals surface area (Å²) in [5.74, 6) is 0.0647. The number of likely N-dealkylation sites (N-methyl/N-ethyl adjacent to an activating group) is 1. The van der Waals surface area contributed by atoms with Gasteiger partial charge in [0.2, 0.25) is 11.8 Å². The second-order valence-corrected chi connectivity index (χ2v) is 7.14. The number of benzene rings is 1. The molecule has 0 saturated heterocycles. The van der Waals surface area contributed by atoms with Gasteiger partial charge in [-0.3, -0.25) is 14.5 Å². The van der Waals surface area contributed by atoms with Gasteiger partial charge in [-0.2, -0.15) is 0 Å². The molecule has 1 aliphatic rings. The molecule has 0 fully saturated rings.